The Balaban J connectivity index is 1.28. The lowest BCUT2D eigenvalue weighted by atomic mass is 9.89. The van der Waals surface area contributed by atoms with Crippen molar-refractivity contribution in [3.63, 3.8) is 0 Å². The van der Waals surface area contributed by atoms with E-state index in [2.05, 4.69) is 22.6 Å². The molecule has 0 aromatic heterocycles. The first-order chi connectivity index (χ1) is 10.3. The Morgan fingerprint density at radius 3 is 2.52 bits per heavy atom. The zero-order valence-corrected chi connectivity index (χ0v) is 13.7. The summed E-state index contributed by atoms with van der Waals surface area (Å²) < 4.78 is 0. The van der Waals surface area contributed by atoms with Gasteiger partial charge in [-0.2, -0.15) is 0 Å². The van der Waals surface area contributed by atoms with Gasteiger partial charge in [0.15, 0.2) is 0 Å². The van der Waals surface area contributed by atoms with Crippen molar-refractivity contribution in [1.29, 1.82) is 0 Å². The Morgan fingerprint density at radius 2 is 1.81 bits per heavy atom. The van der Waals surface area contributed by atoms with Crippen LogP contribution in [0.15, 0.2) is 0 Å². The van der Waals surface area contributed by atoms with Crippen molar-refractivity contribution in [3.05, 3.63) is 0 Å². The molecule has 3 heterocycles. The van der Waals surface area contributed by atoms with Crippen LogP contribution >= 0.6 is 0 Å². The molecule has 1 saturated carbocycles. The monoisotopic (exact) mass is 291 g/mol. The van der Waals surface area contributed by atoms with Crippen LogP contribution in [-0.4, -0.2) is 49.2 Å². The second-order valence-electron chi connectivity index (χ2n) is 8.20. The lowest BCUT2D eigenvalue weighted by Crippen LogP contribution is -2.46. The highest BCUT2D eigenvalue weighted by molar-refractivity contribution is 4.96. The minimum Gasteiger partial charge on any atom is -0.314 e. The third-order valence-electron chi connectivity index (χ3n) is 7.05. The predicted molar refractivity (Wildman–Crippen MR) is 87.5 cm³/mol. The van der Waals surface area contributed by atoms with E-state index in [-0.39, 0.29) is 0 Å². The van der Waals surface area contributed by atoms with Crippen molar-refractivity contribution in [2.75, 3.05) is 20.1 Å². The quantitative estimate of drug-likeness (QED) is 0.833. The number of nitrogens with zero attached hydrogens (tertiary/aromatic N) is 1. The summed E-state index contributed by atoms with van der Waals surface area (Å²) in [5.41, 5.74) is 0. The molecule has 2 N–H and O–H groups in total. The average Bonchev–Trinajstić information content (AvgIpc) is 3.18. The van der Waals surface area contributed by atoms with Crippen molar-refractivity contribution in [2.45, 2.75) is 82.0 Å². The maximum absolute atomic E-state index is 4.00. The van der Waals surface area contributed by atoms with Crippen LogP contribution in [0.3, 0.4) is 0 Å². The van der Waals surface area contributed by atoms with Crippen LogP contribution in [0, 0.1) is 11.8 Å². The van der Waals surface area contributed by atoms with Gasteiger partial charge >= 0.3 is 0 Å². The second kappa shape index (κ2) is 6.17. The van der Waals surface area contributed by atoms with Crippen LogP contribution in [0.1, 0.15) is 57.8 Å². The van der Waals surface area contributed by atoms with Gasteiger partial charge in [0.1, 0.15) is 0 Å². The lowest BCUT2D eigenvalue weighted by Gasteiger charge is -2.37. The van der Waals surface area contributed by atoms with Gasteiger partial charge in [-0.1, -0.05) is 6.42 Å². The zero-order chi connectivity index (χ0) is 14.2. The van der Waals surface area contributed by atoms with E-state index in [1.165, 1.54) is 70.9 Å². The number of fused-ring (bicyclic) bond motifs is 2. The van der Waals surface area contributed by atoms with Crippen molar-refractivity contribution in [1.82, 2.24) is 15.5 Å². The van der Waals surface area contributed by atoms with Gasteiger partial charge in [-0.05, 0) is 83.3 Å². The Kier molecular flexibility index (Phi) is 4.25. The normalized spacial score (nSPS) is 47.3. The first-order valence-electron chi connectivity index (χ1n) is 9.50. The number of piperidine rings is 1. The maximum atomic E-state index is 4.00. The molecule has 4 aliphatic rings. The van der Waals surface area contributed by atoms with Gasteiger partial charge in [-0.3, -0.25) is 0 Å². The van der Waals surface area contributed by atoms with E-state index in [1.54, 1.807) is 0 Å². The molecule has 0 aromatic carbocycles. The molecule has 3 aliphatic heterocycles. The van der Waals surface area contributed by atoms with E-state index in [9.17, 15) is 0 Å². The highest BCUT2D eigenvalue weighted by atomic mass is 15.2. The molecule has 3 heteroatoms. The van der Waals surface area contributed by atoms with E-state index < -0.39 is 0 Å². The molecular formula is C18H33N3. The predicted octanol–water partition coefficient (Wildman–Crippen LogP) is 2.37. The molecular weight excluding hydrogens is 258 g/mol. The molecule has 2 bridgehead atoms. The number of rotatable bonds is 4. The van der Waals surface area contributed by atoms with Gasteiger partial charge in [0.2, 0.25) is 0 Å². The summed E-state index contributed by atoms with van der Waals surface area (Å²) in [4.78, 5) is 2.66. The van der Waals surface area contributed by atoms with E-state index in [0.717, 1.165) is 36.0 Å². The topological polar surface area (TPSA) is 27.3 Å². The molecule has 4 fully saturated rings. The van der Waals surface area contributed by atoms with E-state index in [4.69, 9.17) is 0 Å². The van der Waals surface area contributed by atoms with Crippen LogP contribution in [-0.2, 0) is 0 Å². The zero-order valence-electron chi connectivity index (χ0n) is 13.7. The van der Waals surface area contributed by atoms with Gasteiger partial charge in [0.25, 0.3) is 0 Å². The standard InChI is InChI=1S/C18H33N3/c1-21-14-7-8-15(21)11-13(10-14)12-20-18-5-2-4-16(18)17-6-3-9-19-17/h13-20H,2-12H2,1H3. The third-order valence-corrected chi connectivity index (χ3v) is 7.05. The molecule has 120 valence electrons. The molecule has 3 saturated heterocycles. The summed E-state index contributed by atoms with van der Waals surface area (Å²) in [6, 6.07) is 3.41. The van der Waals surface area contributed by atoms with Crippen molar-refractivity contribution < 1.29 is 0 Å². The molecule has 1 aliphatic carbocycles. The fraction of sp³-hybridized carbons (Fsp3) is 1.00. The molecule has 0 spiro atoms. The second-order valence-corrected chi connectivity index (χ2v) is 8.20. The average molecular weight is 291 g/mol. The molecule has 3 nitrogen and oxygen atoms in total. The fourth-order valence-electron chi connectivity index (χ4n) is 5.81. The van der Waals surface area contributed by atoms with Gasteiger partial charge in [0.05, 0.1) is 0 Å². The summed E-state index contributed by atoms with van der Waals surface area (Å²) in [5, 5.41) is 7.75. The Labute approximate surface area is 130 Å². The van der Waals surface area contributed by atoms with Gasteiger partial charge in [-0.25, -0.2) is 0 Å². The highest BCUT2D eigenvalue weighted by Gasteiger charge is 2.39. The first kappa shape index (κ1) is 14.5. The van der Waals surface area contributed by atoms with Crippen LogP contribution in [0.2, 0.25) is 0 Å². The summed E-state index contributed by atoms with van der Waals surface area (Å²) >= 11 is 0. The summed E-state index contributed by atoms with van der Waals surface area (Å²) in [6.45, 7) is 2.54. The Hall–Kier alpha value is -0.120. The van der Waals surface area contributed by atoms with E-state index in [1.807, 2.05) is 0 Å². The summed E-state index contributed by atoms with van der Waals surface area (Å²) in [6.07, 6.45) is 12.9. The van der Waals surface area contributed by atoms with Crippen LogP contribution < -0.4 is 10.6 Å². The molecule has 0 amide bonds. The largest absolute Gasteiger partial charge is 0.314 e. The minimum absolute atomic E-state index is 0.804. The van der Waals surface area contributed by atoms with Crippen molar-refractivity contribution in [3.8, 4) is 0 Å². The number of hydrogen-bond acceptors (Lipinski definition) is 3. The van der Waals surface area contributed by atoms with Gasteiger partial charge in [-0.15, -0.1) is 0 Å². The van der Waals surface area contributed by atoms with Crippen LogP contribution in [0.4, 0.5) is 0 Å². The van der Waals surface area contributed by atoms with Crippen molar-refractivity contribution in [2.24, 2.45) is 11.8 Å². The third kappa shape index (κ3) is 2.89. The smallest absolute Gasteiger partial charge is 0.0111 e. The maximum Gasteiger partial charge on any atom is 0.0111 e. The molecule has 5 unspecified atom stereocenters. The Morgan fingerprint density at radius 1 is 1.00 bits per heavy atom. The Bertz CT molecular complexity index is 338. The minimum atomic E-state index is 0.804. The lowest BCUT2D eigenvalue weighted by molar-refractivity contribution is 0.129. The molecule has 5 atom stereocenters. The van der Waals surface area contributed by atoms with Crippen molar-refractivity contribution >= 4 is 0 Å². The molecule has 0 radical (unpaired) electrons. The van der Waals surface area contributed by atoms with Gasteiger partial charge < -0.3 is 15.5 Å². The first-order valence-corrected chi connectivity index (χ1v) is 9.50. The number of hydrogen-bond donors (Lipinski definition) is 2. The van der Waals surface area contributed by atoms with Gasteiger partial charge in [0, 0.05) is 24.2 Å². The van der Waals surface area contributed by atoms with Crippen LogP contribution in [0.25, 0.3) is 0 Å². The molecule has 4 rings (SSSR count). The fourth-order valence-corrected chi connectivity index (χ4v) is 5.81. The SMILES string of the molecule is CN1C2CCC1CC(CNC1CCCC1C1CCCN1)C2. The number of nitrogens with one attached hydrogen (secondary N) is 2. The molecule has 0 aromatic rings. The van der Waals surface area contributed by atoms with Crippen LogP contribution in [0.5, 0.6) is 0 Å². The molecule has 21 heavy (non-hydrogen) atoms. The van der Waals surface area contributed by atoms with E-state index >= 15 is 0 Å². The highest BCUT2D eigenvalue weighted by Crippen LogP contribution is 2.38. The van der Waals surface area contributed by atoms with E-state index in [0.29, 0.717) is 0 Å². The summed E-state index contributed by atoms with van der Waals surface area (Å²) in [5.74, 6) is 1.85. The summed E-state index contributed by atoms with van der Waals surface area (Å²) in [7, 11) is 2.35.